The van der Waals surface area contributed by atoms with Crippen LogP contribution >= 0.6 is 27.7 Å². The Morgan fingerprint density at radius 3 is 2.86 bits per heavy atom. The maximum atomic E-state index is 10.9. The number of benzene rings is 1. The summed E-state index contributed by atoms with van der Waals surface area (Å²) in [6.07, 6.45) is 0. The van der Waals surface area contributed by atoms with Gasteiger partial charge in [-0.1, -0.05) is 15.9 Å². The summed E-state index contributed by atoms with van der Waals surface area (Å²) < 4.78 is 5.62. The number of methoxy groups -OCH3 is 1. The molecule has 0 bridgehead atoms. The highest BCUT2D eigenvalue weighted by molar-refractivity contribution is 9.10. The van der Waals surface area contributed by atoms with Crippen LogP contribution in [0.2, 0.25) is 0 Å². The molecule has 0 aliphatic rings. The van der Waals surface area contributed by atoms with Crippen LogP contribution in [-0.4, -0.2) is 18.8 Å². The molecule has 0 spiro atoms. The summed E-state index contributed by atoms with van der Waals surface area (Å²) in [6.45, 7) is 2.02. The molecule has 0 amide bonds. The molecule has 2 nitrogen and oxygen atoms in total. The van der Waals surface area contributed by atoms with E-state index in [2.05, 4.69) is 20.7 Å². The van der Waals surface area contributed by atoms with Crippen molar-refractivity contribution < 1.29 is 9.53 Å². The van der Waals surface area contributed by atoms with Crippen LogP contribution in [0.3, 0.4) is 0 Å². The van der Waals surface area contributed by atoms with Crippen LogP contribution in [0.25, 0.3) is 0 Å². The van der Waals surface area contributed by atoms with E-state index in [1.807, 2.05) is 25.1 Å². The molecule has 0 saturated heterocycles. The van der Waals surface area contributed by atoms with Gasteiger partial charge in [0, 0.05) is 9.37 Å². The lowest BCUT2D eigenvalue weighted by Gasteiger charge is -2.04. The van der Waals surface area contributed by atoms with Crippen LogP contribution in [0.4, 0.5) is 0 Å². The van der Waals surface area contributed by atoms with E-state index in [0.29, 0.717) is 5.75 Å². The number of esters is 1. The first-order valence-corrected chi connectivity index (χ1v) is 5.87. The molecule has 0 aliphatic heterocycles. The topological polar surface area (TPSA) is 26.3 Å². The van der Waals surface area contributed by atoms with Crippen LogP contribution in [0.1, 0.15) is 5.56 Å². The van der Waals surface area contributed by atoms with Crippen molar-refractivity contribution in [2.75, 3.05) is 12.9 Å². The van der Waals surface area contributed by atoms with Crippen molar-refractivity contribution in [3.63, 3.8) is 0 Å². The molecule has 0 atom stereocenters. The summed E-state index contributed by atoms with van der Waals surface area (Å²) in [5, 5.41) is 0. The second-order valence-electron chi connectivity index (χ2n) is 2.77. The van der Waals surface area contributed by atoms with Crippen LogP contribution in [-0.2, 0) is 9.53 Å². The van der Waals surface area contributed by atoms with Gasteiger partial charge in [-0.25, -0.2) is 0 Å². The van der Waals surface area contributed by atoms with Gasteiger partial charge in [-0.2, -0.15) is 0 Å². The predicted octanol–water partition coefficient (Wildman–Crippen LogP) is 3.02. The lowest BCUT2D eigenvalue weighted by molar-refractivity contribution is -0.137. The Balaban J connectivity index is 2.63. The van der Waals surface area contributed by atoms with Gasteiger partial charge in [0.2, 0.25) is 0 Å². The summed E-state index contributed by atoms with van der Waals surface area (Å²) in [6, 6.07) is 5.99. The minimum Gasteiger partial charge on any atom is -0.468 e. The third-order valence-electron chi connectivity index (χ3n) is 1.71. The summed E-state index contributed by atoms with van der Waals surface area (Å²) in [7, 11) is 1.40. The Kier molecular flexibility index (Phi) is 4.48. The molecule has 1 aromatic carbocycles. The molecule has 1 rings (SSSR count). The molecule has 76 valence electrons. The van der Waals surface area contributed by atoms with Crippen molar-refractivity contribution in [2.45, 2.75) is 11.8 Å². The summed E-state index contributed by atoms with van der Waals surface area (Å²) in [4.78, 5) is 12.0. The number of ether oxygens (including phenoxy) is 1. The van der Waals surface area contributed by atoms with Crippen molar-refractivity contribution in [3.05, 3.63) is 28.2 Å². The summed E-state index contributed by atoms with van der Waals surface area (Å²) >= 11 is 4.88. The average molecular weight is 275 g/mol. The van der Waals surface area contributed by atoms with Gasteiger partial charge in [0.1, 0.15) is 0 Å². The lowest BCUT2D eigenvalue weighted by Crippen LogP contribution is -2.03. The Morgan fingerprint density at radius 1 is 1.57 bits per heavy atom. The third-order valence-corrected chi connectivity index (χ3v) is 3.35. The van der Waals surface area contributed by atoms with E-state index >= 15 is 0 Å². The van der Waals surface area contributed by atoms with Crippen molar-refractivity contribution >= 4 is 33.7 Å². The Morgan fingerprint density at radius 2 is 2.29 bits per heavy atom. The van der Waals surface area contributed by atoms with E-state index in [9.17, 15) is 4.79 Å². The first-order valence-electron chi connectivity index (χ1n) is 4.09. The molecule has 0 aliphatic carbocycles. The van der Waals surface area contributed by atoms with E-state index in [1.54, 1.807) is 0 Å². The maximum absolute atomic E-state index is 10.9. The molecule has 1 aromatic rings. The van der Waals surface area contributed by atoms with Crippen LogP contribution in [0.15, 0.2) is 27.6 Å². The number of hydrogen-bond acceptors (Lipinski definition) is 3. The standard InChI is InChI=1S/C10H11BrO2S/c1-7-5-8(11)3-4-9(7)14-6-10(12)13-2/h3-5H,6H2,1-2H3. The fourth-order valence-corrected chi connectivity index (χ4v) is 2.29. The maximum Gasteiger partial charge on any atom is 0.315 e. The van der Waals surface area contributed by atoms with E-state index in [-0.39, 0.29) is 5.97 Å². The molecule has 0 aromatic heterocycles. The molecule has 0 unspecified atom stereocenters. The van der Waals surface area contributed by atoms with Gasteiger partial charge < -0.3 is 4.74 Å². The molecule has 0 heterocycles. The number of carbonyl (C=O) groups is 1. The normalized spacial score (nSPS) is 9.93. The minimum absolute atomic E-state index is 0.197. The van der Waals surface area contributed by atoms with Gasteiger partial charge in [0.15, 0.2) is 0 Å². The number of hydrogen-bond donors (Lipinski definition) is 0. The Labute approximate surface area is 96.2 Å². The number of carbonyl (C=O) groups excluding carboxylic acids is 1. The smallest absolute Gasteiger partial charge is 0.315 e. The molecule has 14 heavy (non-hydrogen) atoms. The Hall–Kier alpha value is -0.480. The first kappa shape index (κ1) is 11.6. The molecule has 4 heteroatoms. The van der Waals surface area contributed by atoms with Gasteiger partial charge in [-0.05, 0) is 30.7 Å². The zero-order chi connectivity index (χ0) is 10.6. The van der Waals surface area contributed by atoms with Gasteiger partial charge in [0.05, 0.1) is 12.9 Å². The van der Waals surface area contributed by atoms with Gasteiger partial charge in [-0.15, -0.1) is 11.8 Å². The van der Waals surface area contributed by atoms with Gasteiger partial charge >= 0.3 is 5.97 Å². The van der Waals surface area contributed by atoms with Crippen LogP contribution < -0.4 is 0 Å². The molecule has 0 fully saturated rings. The number of halogens is 1. The van der Waals surface area contributed by atoms with E-state index in [1.165, 1.54) is 18.9 Å². The van der Waals surface area contributed by atoms with Crippen molar-refractivity contribution in [1.29, 1.82) is 0 Å². The van der Waals surface area contributed by atoms with Gasteiger partial charge in [0.25, 0.3) is 0 Å². The predicted molar refractivity (Wildman–Crippen MR) is 61.6 cm³/mol. The largest absolute Gasteiger partial charge is 0.468 e. The third kappa shape index (κ3) is 3.35. The zero-order valence-electron chi connectivity index (χ0n) is 8.04. The van der Waals surface area contributed by atoms with E-state index < -0.39 is 0 Å². The molecule has 0 saturated carbocycles. The molecular weight excluding hydrogens is 264 g/mol. The van der Waals surface area contributed by atoms with Crippen molar-refractivity contribution in [3.8, 4) is 0 Å². The zero-order valence-corrected chi connectivity index (χ0v) is 10.4. The number of rotatable bonds is 3. The molecular formula is C10H11BrO2S. The van der Waals surface area contributed by atoms with E-state index in [4.69, 9.17) is 0 Å². The number of thioether (sulfide) groups is 1. The summed E-state index contributed by atoms with van der Waals surface area (Å²) in [5.74, 6) is 0.163. The van der Waals surface area contributed by atoms with Crippen LogP contribution in [0.5, 0.6) is 0 Å². The highest BCUT2D eigenvalue weighted by Crippen LogP contribution is 2.25. The monoisotopic (exact) mass is 274 g/mol. The first-order chi connectivity index (χ1) is 6.63. The van der Waals surface area contributed by atoms with Crippen molar-refractivity contribution in [1.82, 2.24) is 0 Å². The molecule has 0 N–H and O–H groups in total. The Bertz CT molecular complexity index is 339. The van der Waals surface area contributed by atoms with Gasteiger partial charge in [-0.3, -0.25) is 4.79 Å². The SMILES string of the molecule is COC(=O)CSc1ccc(Br)cc1C. The second-order valence-corrected chi connectivity index (χ2v) is 4.71. The second kappa shape index (κ2) is 5.41. The molecule has 0 radical (unpaired) electrons. The lowest BCUT2D eigenvalue weighted by atomic mass is 10.2. The minimum atomic E-state index is -0.197. The highest BCUT2D eigenvalue weighted by Gasteiger charge is 2.04. The fraction of sp³-hybridized carbons (Fsp3) is 0.300. The average Bonchev–Trinajstić information content (AvgIpc) is 2.16. The summed E-state index contributed by atoms with van der Waals surface area (Å²) in [5.41, 5.74) is 1.16. The quantitative estimate of drug-likeness (QED) is 0.626. The highest BCUT2D eigenvalue weighted by atomic mass is 79.9. The van der Waals surface area contributed by atoms with E-state index in [0.717, 1.165) is 14.9 Å². The van der Waals surface area contributed by atoms with Crippen LogP contribution in [0, 0.1) is 6.92 Å². The van der Waals surface area contributed by atoms with Crippen molar-refractivity contribution in [2.24, 2.45) is 0 Å². The number of aryl methyl sites for hydroxylation is 1. The fourth-order valence-electron chi connectivity index (χ4n) is 0.970.